The lowest BCUT2D eigenvalue weighted by molar-refractivity contribution is -0.127. The highest BCUT2D eigenvalue weighted by molar-refractivity contribution is 5.86. The molecule has 1 aliphatic carbocycles. The molecule has 6 nitrogen and oxygen atoms in total. The summed E-state index contributed by atoms with van der Waals surface area (Å²) in [6.07, 6.45) is 6.64. The number of guanidine groups is 1. The smallest absolute Gasteiger partial charge is 0.241 e. The van der Waals surface area contributed by atoms with Gasteiger partial charge in [-0.15, -0.1) is 0 Å². The van der Waals surface area contributed by atoms with Crippen LogP contribution >= 0.6 is 0 Å². The predicted octanol–water partition coefficient (Wildman–Crippen LogP) is 0.257. The van der Waals surface area contributed by atoms with Crippen molar-refractivity contribution in [2.45, 2.75) is 44.2 Å². The second-order valence-corrected chi connectivity index (χ2v) is 6.28. The van der Waals surface area contributed by atoms with E-state index < -0.39 is 0 Å². The molecule has 1 aliphatic heterocycles. The molecule has 2 N–H and O–H groups in total. The fourth-order valence-corrected chi connectivity index (χ4v) is 3.21. The average Bonchev–Trinajstić information content (AvgIpc) is 3.13. The number of nitrogens with one attached hydrogen (secondary N) is 2. The quantitative estimate of drug-likeness (QED) is 0.577. The topological polar surface area (TPSA) is 60.0 Å². The summed E-state index contributed by atoms with van der Waals surface area (Å²) < 4.78 is 0. The number of hydrogen-bond donors (Lipinski definition) is 2. The number of amides is 1. The highest BCUT2D eigenvalue weighted by Gasteiger charge is 2.30. The first-order valence-electron chi connectivity index (χ1n) is 8.01. The molecule has 0 radical (unpaired) electrons. The number of rotatable bonds is 4. The van der Waals surface area contributed by atoms with Gasteiger partial charge in [-0.25, -0.2) is 0 Å². The summed E-state index contributed by atoms with van der Waals surface area (Å²) in [6.45, 7) is 2.55. The van der Waals surface area contributed by atoms with E-state index in [2.05, 4.69) is 20.5 Å². The summed E-state index contributed by atoms with van der Waals surface area (Å²) in [5.74, 6) is 0.778. The molecule has 1 saturated heterocycles. The predicted molar refractivity (Wildman–Crippen MR) is 85.4 cm³/mol. The van der Waals surface area contributed by atoms with E-state index in [0.29, 0.717) is 6.04 Å². The zero-order chi connectivity index (χ0) is 15.2. The maximum atomic E-state index is 11.6. The van der Waals surface area contributed by atoms with Crippen molar-refractivity contribution in [3.8, 4) is 0 Å². The summed E-state index contributed by atoms with van der Waals surface area (Å²) >= 11 is 0. The van der Waals surface area contributed by atoms with Crippen LogP contribution in [0.3, 0.4) is 0 Å². The third-order valence-electron chi connectivity index (χ3n) is 4.53. The Morgan fingerprint density at radius 1 is 1.29 bits per heavy atom. The molecule has 1 heterocycles. The first-order chi connectivity index (χ1) is 10.1. The van der Waals surface area contributed by atoms with Crippen LogP contribution in [-0.4, -0.2) is 74.5 Å². The average molecular weight is 295 g/mol. The molecule has 2 rings (SSSR count). The van der Waals surface area contributed by atoms with Gasteiger partial charge < -0.3 is 15.5 Å². The molecule has 1 saturated carbocycles. The minimum absolute atomic E-state index is 0.0527. The Kier molecular flexibility index (Phi) is 5.85. The lowest BCUT2D eigenvalue weighted by Crippen LogP contribution is -2.47. The van der Waals surface area contributed by atoms with Crippen LogP contribution in [0.25, 0.3) is 0 Å². The Morgan fingerprint density at radius 2 is 2.00 bits per heavy atom. The van der Waals surface area contributed by atoms with E-state index in [1.54, 1.807) is 26.0 Å². The van der Waals surface area contributed by atoms with Crippen LogP contribution in [0, 0.1) is 0 Å². The maximum Gasteiger partial charge on any atom is 0.241 e. The van der Waals surface area contributed by atoms with Crippen molar-refractivity contribution >= 4 is 11.9 Å². The molecule has 1 unspecified atom stereocenters. The molecule has 0 spiro atoms. The van der Waals surface area contributed by atoms with Crippen LogP contribution < -0.4 is 10.6 Å². The van der Waals surface area contributed by atoms with E-state index in [1.165, 1.54) is 32.2 Å². The minimum atomic E-state index is 0.0527. The van der Waals surface area contributed by atoms with Gasteiger partial charge in [-0.3, -0.25) is 14.7 Å². The zero-order valence-electron chi connectivity index (χ0n) is 13.6. The Balaban J connectivity index is 1.74. The molecule has 1 atom stereocenters. The van der Waals surface area contributed by atoms with Crippen molar-refractivity contribution in [1.82, 2.24) is 20.4 Å². The van der Waals surface area contributed by atoms with Crippen LogP contribution in [-0.2, 0) is 4.79 Å². The van der Waals surface area contributed by atoms with Gasteiger partial charge in [0.25, 0.3) is 0 Å². The normalized spacial score (nSPS) is 24.3. The van der Waals surface area contributed by atoms with Crippen molar-refractivity contribution in [1.29, 1.82) is 0 Å². The second-order valence-electron chi connectivity index (χ2n) is 6.28. The highest BCUT2D eigenvalue weighted by Crippen LogP contribution is 2.26. The number of likely N-dealkylation sites (tertiary alicyclic amines) is 1. The Morgan fingerprint density at radius 3 is 2.62 bits per heavy atom. The molecule has 0 aromatic heterocycles. The lowest BCUT2D eigenvalue weighted by atomic mass is 10.2. The SMILES string of the molecule is CN=C(NCC(=O)N(C)C)NC1CCN(C2CCCC2)C1. The van der Waals surface area contributed by atoms with Crippen molar-refractivity contribution < 1.29 is 4.79 Å². The van der Waals surface area contributed by atoms with Crippen LogP contribution in [0.2, 0.25) is 0 Å². The molecular formula is C15H29N5O. The molecule has 1 amide bonds. The summed E-state index contributed by atoms with van der Waals surface area (Å²) in [5.41, 5.74) is 0. The van der Waals surface area contributed by atoms with Gasteiger partial charge in [0.1, 0.15) is 0 Å². The Bertz CT molecular complexity index is 376. The summed E-state index contributed by atoms with van der Waals surface area (Å²) in [7, 11) is 5.27. The van der Waals surface area contributed by atoms with Crippen molar-refractivity contribution in [2.75, 3.05) is 40.8 Å². The van der Waals surface area contributed by atoms with Crippen molar-refractivity contribution in [3.05, 3.63) is 0 Å². The monoisotopic (exact) mass is 295 g/mol. The standard InChI is InChI=1S/C15H29N5O/c1-16-15(17-10-14(21)19(2)3)18-12-8-9-20(11-12)13-6-4-5-7-13/h12-13H,4-11H2,1-3H3,(H2,16,17,18). The third kappa shape index (κ3) is 4.59. The lowest BCUT2D eigenvalue weighted by Gasteiger charge is -2.24. The van der Waals surface area contributed by atoms with Gasteiger partial charge in [0.2, 0.25) is 5.91 Å². The van der Waals surface area contributed by atoms with E-state index in [0.717, 1.165) is 25.0 Å². The fraction of sp³-hybridized carbons (Fsp3) is 0.867. The molecular weight excluding hydrogens is 266 g/mol. The van der Waals surface area contributed by atoms with Gasteiger partial charge in [0.15, 0.2) is 5.96 Å². The van der Waals surface area contributed by atoms with Crippen molar-refractivity contribution in [3.63, 3.8) is 0 Å². The van der Waals surface area contributed by atoms with Gasteiger partial charge in [0.05, 0.1) is 6.54 Å². The Hall–Kier alpha value is -1.30. The van der Waals surface area contributed by atoms with E-state index in [1.807, 2.05) is 0 Å². The van der Waals surface area contributed by atoms with Gasteiger partial charge >= 0.3 is 0 Å². The summed E-state index contributed by atoms with van der Waals surface area (Å²) in [5, 5.41) is 6.53. The second kappa shape index (κ2) is 7.64. The van der Waals surface area contributed by atoms with E-state index >= 15 is 0 Å². The first kappa shape index (κ1) is 16.1. The van der Waals surface area contributed by atoms with Gasteiger partial charge in [-0.1, -0.05) is 12.8 Å². The maximum absolute atomic E-state index is 11.6. The first-order valence-corrected chi connectivity index (χ1v) is 8.01. The number of carbonyl (C=O) groups is 1. The third-order valence-corrected chi connectivity index (χ3v) is 4.53. The number of carbonyl (C=O) groups excluding carboxylic acids is 1. The molecule has 21 heavy (non-hydrogen) atoms. The summed E-state index contributed by atoms with van der Waals surface area (Å²) in [4.78, 5) is 20.0. The minimum Gasteiger partial charge on any atom is -0.352 e. The van der Waals surface area contributed by atoms with Gasteiger partial charge in [-0.05, 0) is 19.3 Å². The molecule has 0 aromatic carbocycles. The van der Waals surface area contributed by atoms with Crippen LogP contribution in [0.5, 0.6) is 0 Å². The van der Waals surface area contributed by atoms with Crippen LogP contribution in [0.1, 0.15) is 32.1 Å². The number of nitrogens with zero attached hydrogens (tertiary/aromatic N) is 3. The molecule has 0 bridgehead atoms. The molecule has 2 fully saturated rings. The fourth-order valence-electron chi connectivity index (χ4n) is 3.21. The molecule has 6 heteroatoms. The molecule has 0 aromatic rings. The number of likely N-dealkylation sites (N-methyl/N-ethyl adjacent to an activating group) is 1. The van der Waals surface area contributed by atoms with Crippen LogP contribution in [0.15, 0.2) is 4.99 Å². The Labute approximate surface area is 128 Å². The molecule has 2 aliphatic rings. The van der Waals surface area contributed by atoms with Crippen molar-refractivity contribution in [2.24, 2.45) is 4.99 Å². The van der Waals surface area contributed by atoms with Gasteiger partial charge in [-0.2, -0.15) is 0 Å². The van der Waals surface area contributed by atoms with E-state index in [9.17, 15) is 4.79 Å². The highest BCUT2D eigenvalue weighted by atomic mass is 16.2. The molecule has 120 valence electrons. The summed E-state index contributed by atoms with van der Waals surface area (Å²) in [6, 6.07) is 1.23. The van der Waals surface area contributed by atoms with Crippen LogP contribution in [0.4, 0.5) is 0 Å². The van der Waals surface area contributed by atoms with E-state index in [4.69, 9.17) is 0 Å². The number of hydrogen-bond acceptors (Lipinski definition) is 3. The zero-order valence-corrected chi connectivity index (χ0v) is 13.6. The number of aliphatic imine (C=N–C) groups is 1. The van der Waals surface area contributed by atoms with Gasteiger partial charge in [0, 0.05) is 46.3 Å². The van der Waals surface area contributed by atoms with E-state index in [-0.39, 0.29) is 12.5 Å². The largest absolute Gasteiger partial charge is 0.352 e.